The van der Waals surface area contributed by atoms with Gasteiger partial charge in [-0.05, 0) is 30.7 Å². The molecule has 3 rings (SSSR count). The number of carbonyl (C=O) groups excluding carboxylic acids is 3. The van der Waals surface area contributed by atoms with Crippen molar-refractivity contribution in [3.8, 4) is 0 Å². The average Bonchev–Trinajstić information content (AvgIpc) is 3.07. The Morgan fingerprint density at radius 1 is 1.04 bits per heavy atom. The zero-order valence-corrected chi connectivity index (χ0v) is 13.8. The van der Waals surface area contributed by atoms with Crippen molar-refractivity contribution in [2.75, 3.05) is 6.61 Å². The summed E-state index contributed by atoms with van der Waals surface area (Å²) in [6.07, 6.45) is 7.08. The normalized spacial score (nSPS) is 21.3. The molecular formula is C19H23NO4. The summed E-state index contributed by atoms with van der Waals surface area (Å²) in [7, 11) is 0. The molecule has 1 aliphatic carbocycles. The third kappa shape index (κ3) is 4.02. The van der Waals surface area contributed by atoms with Crippen LogP contribution in [0, 0.1) is 0 Å². The molecule has 5 heteroatoms. The molecule has 1 aromatic rings. The Balaban J connectivity index is 1.51. The van der Waals surface area contributed by atoms with E-state index in [4.69, 9.17) is 4.74 Å². The number of amides is 1. The van der Waals surface area contributed by atoms with E-state index in [-0.39, 0.29) is 18.3 Å². The predicted molar refractivity (Wildman–Crippen MR) is 88.7 cm³/mol. The van der Waals surface area contributed by atoms with Crippen molar-refractivity contribution < 1.29 is 19.1 Å². The summed E-state index contributed by atoms with van der Waals surface area (Å²) >= 11 is 0. The Labute approximate surface area is 141 Å². The molecular weight excluding hydrogens is 306 g/mol. The molecule has 0 radical (unpaired) electrons. The molecule has 2 aliphatic rings. The molecule has 1 atom stereocenters. The smallest absolute Gasteiger partial charge is 0.329 e. The molecule has 1 aromatic carbocycles. The molecule has 0 spiro atoms. The molecule has 0 aromatic heterocycles. The number of nitrogens with one attached hydrogen (secondary N) is 1. The predicted octanol–water partition coefficient (Wildman–Crippen LogP) is 2.74. The summed E-state index contributed by atoms with van der Waals surface area (Å²) < 4.78 is 5.03. The highest BCUT2D eigenvalue weighted by molar-refractivity contribution is 5.98. The fourth-order valence-electron chi connectivity index (χ4n) is 3.49. The fraction of sp³-hybridized carbons (Fsp3) is 0.526. The van der Waals surface area contributed by atoms with Gasteiger partial charge in [0.25, 0.3) is 0 Å². The van der Waals surface area contributed by atoms with Crippen LogP contribution in [0.25, 0.3) is 0 Å². The van der Waals surface area contributed by atoms with E-state index in [0.29, 0.717) is 24.3 Å². The maximum atomic E-state index is 12.2. The molecule has 1 saturated heterocycles. The molecule has 1 N–H and O–H groups in total. The van der Waals surface area contributed by atoms with Gasteiger partial charge in [-0.25, -0.2) is 4.79 Å². The average molecular weight is 329 g/mol. The SMILES string of the molecule is O=C1CCC(C(=O)OCC(=O)c2ccc(C3CCCCC3)cc2)N1. The van der Waals surface area contributed by atoms with Crippen LogP contribution in [0.2, 0.25) is 0 Å². The Morgan fingerprint density at radius 3 is 2.38 bits per heavy atom. The zero-order valence-electron chi connectivity index (χ0n) is 13.8. The van der Waals surface area contributed by atoms with Crippen LogP contribution in [0.3, 0.4) is 0 Å². The van der Waals surface area contributed by atoms with Crippen molar-refractivity contribution in [3.05, 3.63) is 35.4 Å². The second kappa shape index (κ2) is 7.60. The van der Waals surface area contributed by atoms with Crippen molar-refractivity contribution in [2.45, 2.75) is 56.9 Å². The van der Waals surface area contributed by atoms with Gasteiger partial charge in [-0.2, -0.15) is 0 Å². The lowest BCUT2D eigenvalue weighted by molar-refractivity contribution is -0.145. The molecule has 1 saturated carbocycles. The first-order valence-corrected chi connectivity index (χ1v) is 8.72. The summed E-state index contributed by atoms with van der Waals surface area (Å²) in [4.78, 5) is 35.0. The third-order valence-electron chi connectivity index (χ3n) is 4.93. The van der Waals surface area contributed by atoms with E-state index in [1.807, 2.05) is 24.3 Å². The minimum atomic E-state index is -0.612. The first-order valence-electron chi connectivity index (χ1n) is 8.72. The summed E-state index contributed by atoms with van der Waals surface area (Å²) in [6, 6.07) is 7.05. The molecule has 1 aliphatic heterocycles. The van der Waals surface area contributed by atoms with Crippen LogP contribution >= 0.6 is 0 Å². The minimum absolute atomic E-state index is 0.151. The van der Waals surface area contributed by atoms with Gasteiger partial charge in [0, 0.05) is 12.0 Å². The van der Waals surface area contributed by atoms with Gasteiger partial charge >= 0.3 is 5.97 Å². The lowest BCUT2D eigenvalue weighted by Gasteiger charge is -2.22. The van der Waals surface area contributed by atoms with E-state index in [9.17, 15) is 14.4 Å². The lowest BCUT2D eigenvalue weighted by atomic mass is 9.84. The Hall–Kier alpha value is -2.17. The van der Waals surface area contributed by atoms with E-state index in [2.05, 4.69) is 5.32 Å². The molecule has 0 bridgehead atoms. The van der Waals surface area contributed by atoms with Crippen LogP contribution in [0.1, 0.15) is 66.8 Å². The number of hydrogen-bond acceptors (Lipinski definition) is 4. The van der Waals surface area contributed by atoms with Gasteiger partial charge in [-0.1, -0.05) is 43.5 Å². The fourth-order valence-corrected chi connectivity index (χ4v) is 3.49. The Kier molecular flexibility index (Phi) is 5.28. The molecule has 24 heavy (non-hydrogen) atoms. The van der Waals surface area contributed by atoms with Gasteiger partial charge in [0.15, 0.2) is 12.4 Å². The van der Waals surface area contributed by atoms with Gasteiger partial charge in [-0.15, -0.1) is 0 Å². The summed E-state index contributed by atoms with van der Waals surface area (Å²) in [5.74, 6) is -0.302. The van der Waals surface area contributed by atoms with Crippen molar-refractivity contribution in [3.63, 3.8) is 0 Å². The zero-order chi connectivity index (χ0) is 16.9. The maximum absolute atomic E-state index is 12.2. The molecule has 128 valence electrons. The van der Waals surface area contributed by atoms with Crippen LogP contribution in [0.4, 0.5) is 0 Å². The van der Waals surface area contributed by atoms with Crippen LogP contribution in [0.15, 0.2) is 24.3 Å². The van der Waals surface area contributed by atoms with E-state index < -0.39 is 12.0 Å². The van der Waals surface area contributed by atoms with Gasteiger partial charge < -0.3 is 10.1 Å². The van der Waals surface area contributed by atoms with Gasteiger partial charge in [0.05, 0.1) is 0 Å². The number of rotatable bonds is 5. The highest BCUT2D eigenvalue weighted by Gasteiger charge is 2.28. The van der Waals surface area contributed by atoms with Gasteiger partial charge in [0.1, 0.15) is 6.04 Å². The van der Waals surface area contributed by atoms with Crippen molar-refractivity contribution in [2.24, 2.45) is 0 Å². The van der Waals surface area contributed by atoms with Crippen LogP contribution < -0.4 is 5.32 Å². The van der Waals surface area contributed by atoms with E-state index >= 15 is 0 Å². The Bertz CT molecular complexity index is 617. The van der Waals surface area contributed by atoms with Crippen LogP contribution in [-0.4, -0.2) is 30.3 Å². The standard InChI is InChI=1S/C19H23NO4/c21-17(12-24-19(23)16-10-11-18(22)20-16)15-8-6-14(7-9-15)13-4-2-1-3-5-13/h6-9,13,16H,1-5,10-12H2,(H,20,22). The summed E-state index contributed by atoms with van der Waals surface area (Å²) in [6.45, 7) is -0.284. The second-order valence-electron chi connectivity index (χ2n) is 6.65. The molecule has 5 nitrogen and oxygen atoms in total. The third-order valence-corrected chi connectivity index (χ3v) is 4.93. The van der Waals surface area contributed by atoms with Crippen LogP contribution in [-0.2, 0) is 14.3 Å². The number of benzene rings is 1. The number of hydrogen-bond donors (Lipinski definition) is 1. The van der Waals surface area contributed by atoms with Crippen molar-refractivity contribution >= 4 is 17.7 Å². The van der Waals surface area contributed by atoms with Gasteiger partial charge in [-0.3, -0.25) is 9.59 Å². The van der Waals surface area contributed by atoms with E-state index in [0.717, 1.165) is 0 Å². The number of esters is 1. The molecule has 1 amide bonds. The molecule has 1 unspecified atom stereocenters. The molecule has 2 fully saturated rings. The summed E-state index contributed by atoms with van der Waals surface area (Å²) in [5.41, 5.74) is 1.84. The number of ether oxygens (including phenoxy) is 1. The molecule has 1 heterocycles. The first kappa shape index (κ1) is 16.7. The highest BCUT2D eigenvalue weighted by Crippen LogP contribution is 2.32. The topological polar surface area (TPSA) is 72.5 Å². The first-order chi connectivity index (χ1) is 11.6. The van der Waals surface area contributed by atoms with Crippen LogP contribution in [0.5, 0.6) is 0 Å². The van der Waals surface area contributed by atoms with Gasteiger partial charge in [0.2, 0.25) is 5.91 Å². The quantitative estimate of drug-likeness (QED) is 0.666. The largest absolute Gasteiger partial charge is 0.456 e. The van der Waals surface area contributed by atoms with E-state index in [1.165, 1.54) is 37.7 Å². The van der Waals surface area contributed by atoms with Crippen molar-refractivity contribution in [1.82, 2.24) is 5.32 Å². The number of carbonyl (C=O) groups is 3. The minimum Gasteiger partial charge on any atom is -0.456 e. The maximum Gasteiger partial charge on any atom is 0.329 e. The van der Waals surface area contributed by atoms with Crippen molar-refractivity contribution in [1.29, 1.82) is 0 Å². The second-order valence-corrected chi connectivity index (χ2v) is 6.65. The van der Waals surface area contributed by atoms with E-state index in [1.54, 1.807) is 0 Å². The summed E-state index contributed by atoms with van der Waals surface area (Å²) in [5, 5.41) is 2.54. The Morgan fingerprint density at radius 2 is 1.75 bits per heavy atom. The number of Topliss-reactive ketones (excluding diaryl/α,β-unsaturated/α-hetero) is 1. The number of ketones is 1. The highest BCUT2D eigenvalue weighted by atomic mass is 16.5. The lowest BCUT2D eigenvalue weighted by Crippen LogP contribution is -2.35. The monoisotopic (exact) mass is 329 g/mol.